The third-order valence-corrected chi connectivity index (χ3v) is 5.01. The molecule has 5 heteroatoms. The van der Waals surface area contributed by atoms with Crippen LogP contribution in [0.4, 0.5) is 0 Å². The monoisotopic (exact) mass is 345 g/mol. The fourth-order valence-corrected chi connectivity index (χ4v) is 3.75. The second-order valence-electron chi connectivity index (χ2n) is 6.61. The fraction of sp³-hybridized carbons (Fsp3) is 0.550. The molecule has 0 aromatic heterocycles. The van der Waals surface area contributed by atoms with E-state index in [0.717, 1.165) is 31.2 Å². The van der Waals surface area contributed by atoms with Crippen molar-refractivity contribution >= 4 is 5.91 Å². The summed E-state index contributed by atoms with van der Waals surface area (Å²) in [6.07, 6.45) is 7.23. The molecule has 0 spiro atoms. The number of carbonyl (C=O) groups is 1. The van der Waals surface area contributed by atoms with Crippen molar-refractivity contribution in [3.8, 4) is 11.5 Å². The molecule has 2 atom stereocenters. The van der Waals surface area contributed by atoms with Crippen molar-refractivity contribution in [1.82, 2.24) is 4.90 Å². The number of rotatable bonds is 6. The Morgan fingerprint density at radius 2 is 2.20 bits per heavy atom. The van der Waals surface area contributed by atoms with Crippen LogP contribution >= 0.6 is 0 Å². The highest BCUT2D eigenvalue weighted by molar-refractivity contribution is 5.78. The lowest BCUT2D eigenvalue weighted by Gasteiger charge is -2.43. The predicted octanol–water partition coefficient (Wildman–Crippen LogP) is 2.97. The number of ether oxygens (including phenoxy) is 3. The highest BCUT2D eigenvalue weighted by Gasteiger charge is 2.36. The van der Waals surface area contributed by atoms with Crippen molar-refractivity contribution < 1.29 is 19.0 Å². The van der Waals surface area contributed by atoms with Crippen LogP contribution in [0.15, 0.2) is 30.9 Å². The van der Waals surface area contributed by atoms with Gasteiger partial charge < -0.3 is 19.1 Å². The molecule has 0 unspecified atom stereocenters. The van der Waals surface area contributed by atoms with Gasteiger partial charge >= 0.3 is 0 Å². The third-order valence-electron chi connectivity index (χ3n) is 5.01. The van der Waals surface area contributed by atoms with E-state index < -0.39 is 0 Å². The van der Waals surface area contributed by atoms with E-state index in [1.54, 1.807) is 7.11 Å². The molecule has 1 aliphatic carbocycles. The lowest BCUT2D eigenvalue weighted by atomic mass is 9.90. The minimum Gasteiger partial charge on any atom is -0.493 e. The smallest absolute Gasteiger partial charge is 0.260 e. The molecule has 1 saturated heterocycles. The Morgan fingerprint density at radius 3 is 3.00 bits per heavy atom. The zero-order valence-corrected chi connectivity index (χ0v) is 14.9. The Kier molecular flexibility index (Phi) is 5.97. The number of nitrogens with zero attached hydrogens (tertiary/aromatic N) is 1. The molecule has 1 aromatic rings. The van der Waals surface area contributed by atoms with Crippen molar-refractivity contribution in [2.24, 2.45) is 0 Å². The number of benzene rings is 1. The third kappa shape index (κ3) is 4.15. The molecule has 0 N–H and O–H groups in total. The van der Waals surface area contributed by atoms with Gasteiger partial charge in [0.05, 0.1) is 25.9 Å². The first-order chi connectivity index (χ1) is 12.2. The van der Waals surface area contributed by atoms with Crippen molar-refractivity contribution in [3.05, 3.63) is 36.4 Å². The normalized spacial score (nSPS) is 22.8. The van der Waals surface area contributed by atoms with Crippen molar-refractivity contribution in [2.45, 2.75) is 44.2 Å². The van der Waals surface area contributed by atoms with E-state index >= 15 is 0 Å². The fourth-order valence-electron chi connectivity index (χ4n) is 3.75. The molecular weight excluding hydrogens is 318 g/mol. The van der Waals surface area contributed by atoms with Gasteiger partial charge in [-0.25, -0.2) is 0 Å². The molecule has 5 nitrogen and oxygen atoms in total. The van der Waals surface area contributed by atoms with Gasteiger partial charge in [-0.2, -0.15) is 0 Å². The van der Waals surface area contributed by atoms with Crippen molar-refractivity contribution in [3.63, 3.8) is 0 Å². The lowest BCUT2D eigenvalue weighted by molar-refractivity contribution is -0.151. The summed E-state index contributed by atoms with van der Waals surface area (Å²) >= 11 is 0. The van der Waals surface area contributed by atoms with Crippen molar-refractivity contribution in [2.75, 3.05) is 26.9 Å². The quantitative estimate of drug-likeness (QED) is 0.744. The average molecular weight is 345 g/mol. The summed E-state index contributed by atoms with van der Waals surface area (Å²) in [6.45, 7) is 5.04. The van der Waals surface area contributed by atoms with Crippen LogP contribution < -0.4 is 9.47 Å². The number of hydrogen-bond donors (Lipinski definition) is 0. The first-order valence-corrected chi connectivity index (χ1v) is 9.04. The maximum absolute atomic E-state index is 12.7. The van der Waals surface area contributed by atoms with Gasteiger partial charge in [0.1, 0.15) is 0 Å². The van der Waals surface area contributed by atoms with E-state index in [2.05, 4.69) is 6.58 Å². The molecule has 3 rings (SSSR count). The summed E-state index contributed by atoms with van der Waals surface area (Å²) < 4.78 is 17.0. The highest BCUT2D eigenvalue weighted by atomic mass is 16.5. The molecular formula is C20H27NO4. The average Bonchev–Trinajstić information content (AvgIpc) is 2.66. The first kappa shape index (κ1) is 17.8. The number of hydrogen-bond acceptors (Lipinski definition) is 4. The summed E-state index contributed by atoms with van der Waals surface area (Å²) in [5, 5.41) is 0. The van der Waals surface area contributed by atoms with Gasteiger partial charge in [0, 0.05) is 6.54 Å². The Labute approximate surface area is 149 Å². The summed E-state index contributed by atoms with van der Waals surface area (Å²) in [4.78, 5) is 14.6. The van der Waals surface area contributed by atoms with Gasteiger partial charge in [-0.3, -0.25) is 4.79 Å². The molecule has 1 amide bonds. The van der Waals surface area contributed by atoms with Crippen molar-refractivity contribution in [1.29, 1.82) is 0 Å². The Balaban J connectivity index is 1.62. The van der Waals surface area contributed by atoms with Gasteiger partial charge in [0.25, 0.3) is 5.91 Å². The topological polar surface area (TPSA) is 48.0 Å². The lowest BCUT2D eigenvalue weighted by Crippen LogP contribution is -2.55. The predicted molar refractivity (Wildman–Crippen MR) is 96.1 cm³/mol. The van der Waals surface area contributed by atoms with Gasteiger partial charge in [-0.15, -0.1) is 6.58 Å². The number of methoxy groups -OCH3 is 1. The van der Waals surface area contributed by atoms with Gasteiger partial charge in [0.15, 0.2) is 18.1 Å². The van der Waals surface area contributed by atoms with Crippen LogP contribution in [0, 0.1) is 0 Å². The van der Waals surface area contributed by atoms with Crippen LogP contribution in [0.25, 0.3) is 0 Å². The van der Waals surface area contributed by atoms with Gasteiger partial charge in [0.2, 0.25) is 0 Å². The first-order valence-electron chi connectivity index (χ1n) is 9.04. The molecule has 136 valence electrons. The molecule has 1 aromatic carbocycles. The molecule has 1 saturated carbocycles. The largest absolute Gasteiger partial charge is 0.493 e. The SMILES string of the molecule is C=CCc1ccc(OCC(=O)N2CCO[C@@H]3CCCC[C@H]32)c(OC)c1. The van der Waals surface area contributed by atoms with E-state index in [-0.39, 0.29) is 24.7 Å². The van der Waals surface area contributed by atoms with Crippen LogP contribution in [0.3, 0.4) is 0 Å². The second kappa shape index (κ2) is 8.39. The summed E-state index contributed by atoms with van der Waals surface area (Å²) in [5.74, 6) is 1.26. The number of fused-ring (bicyclic) bond motifs is 1. The van der Waals surface area contributed by atoms with E-state index in [9.17, 15) is 4.79 Å². The van der Waals surface area contributed by atoms with E-state index in [4.69, 9.17) is 14.2 Å². The van der Waals surface area contributed by atoms with Crippen LogP contribution in [0.2, 0.25) is 0 Å². The zero-order chi connectivity index (χ0) is 17.6. The molecule has 0 radical (unpaired) electrons. The van der Waals surface area contributed by atoms with E-state index in [1.807, 2.05) is 29.2 Å². The van der Waals surface area contributed by atoms with Crippen LogP contribution in [0.1, 0.15) is 31.2 Å². The van der Waals surface area contributed by atoms with Crippen LogP contribution in [0.5, 0.6) is 11.5 Å². The van der Waals surface area contributed by atoms with Gasteiger partial charge in [-0.05, 0) is 37.0 Å². The number of morpholine rings is 1. The molecule has 2 fully saturated rings. The Bertz CT molecular complexity index is 614. The number of carbonyl (C=O) groups excluding carboxylic acids is 1. The molecule has 0 bridgehead atoms. The molecule has 2 aliphatic rings. The highest BCUT2D eigenvalue weighted by Crippen LogP contribution is 2.30. The summed E-state index contributed by atoms with van der Waals surface area (Å²) in [6, 6.07) is 5.95. The Morgan fingerprint density at radius 1 is 1.36 bits per heavy atom. The maximum Gasteiger partial charge on any atom is 0.260 e. The molecule has 25 heavy (non-hydrogen) atoms. The van der Waals surface area contributed by atoms with E-state index in [1.165, 1.54) is 6.42 Å². The molecule has 1 heterocycles. The summed E-state index contributed by atoms with van der Waals surface area (Å²) in [7, 11) is 1.61. The maximum atomic E-state index is 12.7. The number of amides is 1. The second-order valence-corrected chi connectivity index (χ2v) is 6.61. The molecule has 1 aliphatic heterocycles. The van der Waals surface area contributed by atoms with Crippen LogP contribution in [-0.2, 0) is 16.0 Å². The van der Waals surface area contributed by atoms with Gasteiger partial charge in [-0.1, -0.05) is 25.0 Å². The zero-order valence-electron chi connectivity index (χ0n) is 14.9. The number of allylic oxidation sites excluding steroid dienone is 1. The minimum absolute atomic E-state index is 0.0254. The van der Waals surface area contributed by atoms with E-state index in [0.29, 0.717) is 24.7 Å². The standard InChI is InChI=1S/C20H27NO4/c1-3-6-15-9-10-18(19(13-15)23-2)25-14-20(22)21-11-12-24-17-8-5-4-7-16(17)21/h3,9-10,13,16-17H,1,4-8,11-12,14H2,2H3/t16-,17-/m1/s1. The minimum atomic E-state index is 0.0254. The van der Waals surface area contributed by atoms with Crippen LogP contribution in [-0.4, -0.2) is 49.8 Å². The Hall–Kier alpha value is -2.01. The summed E-state index contributed by atoms with van der Waals surface area (Å²) in [5.41, 5.74) is 1.10.